The topological polar surface area (TPSA) is 83.1 Å². The third kappa shape index (κ3) is 6.37. The summed E-state index contributed by atoms with van der Waals surface area (Å²) < 4.78 is 0. The predicted molar refractivity (Wildman–Crippen MR) is 104 cm³/mol. The molecular weight excluding hydrogens is 352 g/mol. The fourth-order valence-electron chi connectivity index (χ4n) is 2.19. The van der Waals surface area contributed by atoms with Gasteiger partial charge in [-0.2, -0.15) is 0 Å². The molecule has 138 valence electrons. The Kier molecular flexibility index (Phi) is 7.41. The lowest BCUT2D eigenvalue weighted by atomic mass is 10.1. The molecule has 0 aliphatic heterocycles. The van der Waals surface area contributed by atoms with E-state index in [-0.39, 0.29) is 17.0 Å². The van der Waals surface area contributed by atoms with E-state index in [2.05, 4.69) is 20.9 Å². The highest BCUT2D eigenvalue weighted by atomic mass is 35.5. The van der Waals surface area contributed by atoms with Gasteiger partial charge in [-0.15, -0.1) is 0 Å². The van der Waals surface area contributed by atoms with Crippen molar-refractivity contribution in [1.82, 2.24) is 15.6 Å². The van der Waals surface area contributed by atoms with Crippen molar-refractivity contribution in [2.75, 3.05) is 18.4 Å². The number of benzene rings is 1. The van der Waals surface area contributed by atoms with Crippen molar-refractivity contribution in [2.45, 2.75) is 20.3 Å². The summed E-state index contributed by atoms with van der Waals surface area (Å²) >= 11 is 6.17. The van der Waals surface area contributed by atoms with E-state index >= 15 is 0 Å². The van der Waals surface area contributed by atoms with Crippen molar-refractivity contribution in [2.24, 2.45) is 5.92 Å². The molecule has 1 heterocycles. The number of carbonyl (C=O) groups excluding carboxylic acids is 2. The molecule has 0 spiro atoms. The highest BCUT2D eigenvalue weighted by molar-refractivity contribution is 6.34. The lowest BCUT2D eigenvalue weighted by Gasteiger charge is -2.11. The van der Waals surface area contributed by atoms with Gasteiger partial charge in [0.05, 0.1) is 10.6 Å². The number of pyridine rings is 1. The number of halogens is 1. The maximum Gasteiger partial charge on any atom is 0.319 e. The van der Waals surface area contributed by atoms with Crippen LogP contribution in [0.5, 0.6) is 0 Å². The van der Waals surface area contributed by atoms with Crippen molar-refractivity contribution in [3.8, 4) is 0 Å². The summed E-state index contributed by atoms with van der Waals surface area (Å²) in [5, 5.41) is 8.56. The Balaban J connectivity index is 1.84. The fraction of sp³-hybridized carbons (Fsp3) is 0.316. The molecule has 0 saturated carbocycles. The van der Waals surface area contributed by atoms with Crippen LogP contribution in [0.4, 0.5) is 10.5 Å². The van der Waals surface area contributed by atoms with Gasteiger partial charge in [-0.05, 0) is 36.2 Å². The van der Waals surface area contributed by atoms with Crippen molar-refractivity contribution in [3.05, 3.63) is 58.9 Å². The first-order valence-corrected chi connectivity index (χ1v) is 8.86. The van der Waals surface area contributed by atoms with E-state index in [4.69, 9.17) is 11.6 Å². The normalized spacial score (nSPS) is 10.5. The summed E-state index contributed by atoms with van der Waals surface area (Å²) in [6.45, 7) is 5.07. The molecule has 1 aromatic carbocycles. The van der Waals surface area contributed by atoms with Gasteiger partial charge in [0.1, 0.15) is 0 Å². The fourth-order valence-corrected chi connectivity index (χ4v) is 2.46. The summed E-state index contributed by atoms with van der Waals surface area (Å²) in [5.74, 6) is 0.128. The first-order chi connectivity index (χ1) is 12.5. The minimum atomic E-state index is -0.339. The van der Waals surface area contributed by atoms with Crippen LogP contribution in [0.3, 0.4) is 0 Å². The van der Waals surface area contributed by atoms with Gasteiger partial charge in [-0.25, -0.2) is 4.79 Å². The zero-order valence-electron chi connectivity index (χ0n) is 14.9. The van der Waals surface area contributed by atoms with E-state index in [1.165, 1.54) is 0 Å². The van der Waals surface area contributed by atoms with Gasteiger partial charge in [0, 0.05) is 37.1 Å². The third-order valence-electron chi connectivity index (χ3n) is 3.54. The van der Waals surface area contributed by atoms with E-state index in [0.29, 0.717) is 36.7 Å². The molecule has 0 radical (unpaired) electrons. The summed E-state index contributed by atoms with van der Waals surface area (Å²) in [5.41, 5.74) is 1.81. The number of nitrogens with one attached hydrogen (secondary N) is 3. The van der Waals surface area contributed by atoms with Crippen molar-refractivity contribution in [1.29, 1.82) is 0 Å². The molecule has 0 bridgehead atoms. The molecule has 0 aliphatic rings. The molecule has 3 N–H and O–H groups in total. The molecule has 7 heteroatoms. The summed E-state index contributed by atoms with van der Waals surface area (Å²) in [6.07, 6.45) is 2.36. The molecule has 2 rings (SSSR count). The molecule has 0 unspecified atom stereocenters. The largest absolute Gasteiger partial charge is 0.352 e. The van der Waals surface area contributed by atoms with Gasteiger partial charge in [0.15, 0.2) is 0 Å². The lowest BCUT2D eigenvalue weighted by Crippen LogP contribution is -2.30. The molecule has 0 saturated heterocycles. The van der Waals surface area contributed by atoms with Crippen LogP contribution in [0.1, 0.15) is 29.9 Å². The van der Waals surface area contributed by atoms with Gasteiger partial charge in [-0.1, -0.05) is 31.5 Å². The zero-order chi connectivity index (χ0) is 18.9. The van der Waals surface area contributed by atoms with Gasteiger partial charge >= 0.3 is 6.03 Å². The number of hydrogen-bond acceptors (Lipinski definition) is 3. The van der Waals surface area contributed by atoms with Crippen molar-refractivity contribution in [3.63, 3.8) is 0 Å². The number of rotatable bonds is 7. The van der Waals surface area contributed by atoms with Crippen LogP contribution >= 0.6 is 11.6 Å². The highest BCUT2D eigenvalue weighted by Crippen LogP contribution is 2.21. The maximum absolute atomic E-state index is 12.1. The molecule has 3 amide bonds. The Morgan fingerprint density at radius 2 is 1.96 bits per heavy atom. The van der Waals surface area contributed by atoms with Gasteiger partial charge in [-0.3, -0.25) is 9.78 Å². The van der Waals surface area contributed by atoms with Crippen LogP contribution in [0, 0.1) is 5.92 Å². The summed E-state index contributed by atoms with van der Waals surface area (Å²) in [6, 6.07) is 10.1. The van der Waals surface area contributed by atoms with Gasteiger partial charge < -0.3 is 16.0 Å². The van der Waals surface area contributed by atoms with E-state index in [0.717, 1.165) is 5.69 Å². The molecule has 1 aromatic heterocycles. The highest BCUT2D eigenvalue weighted by Gasteiger charge is 2.12. The van der Waals surface area contributed by atoms with E-state index in [1.807, 2.05) is 32.0 Å². The molecule has 0 atom stereocenters. The number of urea groups is 1. The van der Waals surface area contributed by atoms with Crippen LogP contribution in [0.2, 0.25) is 5.02 Å². The monoisotopic (exact) mass is 374 g/mol. The minimum Gasteiger partial charge on any atom is -0.352 e. The van der Waals surface area contributed by atoms with Crippen LogP contribution < -0.4 is 16.0 Å². The second kappa shape index (κ2) is 9.77. The number of anilines is 1. The predicted octanol–water partition coefficient (Wildman–Crippen LogP) is 3.49. The quantitative estimate of drug-likeness (QED) is 0.693. The maximum atomic E-state index is 12.1. The first kappa shape index (κ1) is 19.7. The summed E-state index contributed by atoms with van der Waals surface area (Å²) in [7, 11) is 0. The molecule has 0 aliphatic carbocycles. The van der Waals surface area contributed by atoms with Crippen LogP contribution in [0.25, 0.3) is 0 Å². The average Bonchev–Trinajstić information content (AvgIpc) is 2.60. The van der Waals surface area contributed by atoms with Crippen LogP contribution in [-0.4, -0.2) is 30.0 Å². The Morgan fingerprint density at radius 3 is 2.62 bits per heavy atom. The van der Waals surface area contributed by atoms with Crippen LogP contribution in [-0.2, 0) is 6.42 Å². The third-order valence-corrected chi connectivity index (χ3v) is 3.85. The molecule has 26 heavy (non-hydrogen) atoms. The molecule has 0 fully saturated rings. The zero-order valence-corrected chi connectivity index (χ0v) is 15.6. The Morgan fingerprint density at radius 1 is 1.15 bits per heavy atom. The number of hydrogen-bond donors (Lipinski definition) is 3. The first-order valence-electron chi connectivity index (χ1n) is 8.48. The van der Waals surface area contributed by atoms with E-state index < -0.39 is 0 Å². The standard InChI is InChI=1S/C19H23ClN4O2/c1-13(2)12-23-18(25)16-7-6-15(11-17(16)20)24-19(26)22-10-8-14-5-3-4-9-21-14/h3-7,9,11,13H,8,10,12H2,1-2H3,(H,23,25)(H2,22,24,26). The number of nitrogens with zero attached hydrogens (tertiary/aromatic N) is 1. The van der Waals surface area contributed by atoms with Gasteiger partial charge in [0.25, 0.3) is 5.91 Å². The average molecular weight is 375 g/mol. The molecule has 6 nitrogen and oxygen atoms in total. The second-order valence-corrected chi connectivity index (χ2v) is 6.66. The van der Waals surface area contributed by atoms with E-state index in [1.54, 1.807) is 24.4 Å². The van der Waals surface area contributed by atoms with E-state index in [9.17, 15) is 9.59 Å². The Bertz CT molecular complexity index is 750. The summed E-state index contributed by atoms with van der Waals surface area (Å²) in [4.78, 5) is 28.2. The van der Waals surface area contributed by atoms with Gasteiger partial charge in [0.2, 0.25) is 0 Å². The van der Waals surface area contributed by atoms with Crippen molar-refractivity contribution >= 4 is 29.2 Å². The Labute approximate surface area is 158 Å². The number of carbonyl (C=O) groups is 2. The van der Waals surface area contributed by atoms with Crippen molar-refractivity contribution < 1.29 is 9.59 Å². The number of aromatic nitrogens is 1. The smallest absolute Gasteiger partial charge is 0.319 e. The minimum absolute atomic E-state index is 0.227. The molecular formula is C19H23ClN4O2. The Hall–Kier alpha value is -2.60. The van der Waals surface area contributed by atoms with Crippen LogP contribution in [0.15, 0.2) is 42.6 Å². The number of amides is 3. The second-order valence-electron chi connectivity index (χ2n) is 6.25. The lowest BCUT2D eigenvalue weighted by molar-refractivity contribution is 0.0949. The molecule has 2 aromatic rings. The SMILES string of the molecule is CC(C)CNC(=O)c1ccc(NC(=O)NCCc2ccccn2)cc1Cl.